The molecular formula is C20H22N2O7S. The molecule has 160 valence electrons. The molecule has 0 saturated carbocycles. The number of anilines is 1. The van der Waals surface area contributed by atoms with Crippen molar-refractivity contribution >= 4 is 33.6 Å². The zero-order chi connectivity index (χ0) is 22.3. The molecule has 30 heavy (non-hydrogen) atoms. The summed E-state index contributed by atoms with van der Waals surface area (Å²) >= 11 is 0. The van der Waals surface area contributed by atoms with Gasteiger partial charge >= 0.3 is 11.9 Å². The van der Waals surface area contributed by atoms with Gasteiger partial charge in [0, 0.05) is 11.3 Å². The van der Waals surface area contributed by atoms with Crippen LogP contribution in [0.25, 0.3) is 0 Å². The molecule has 0 radical (unpaired) electrons. The number of carbonyl (C=O) groups is 3. The Morgan fingerprint density at radius 2 is 1.37 bits per heavy atom. The molecule has 2 rings (SSSR count). The van der Waals surface area contributed by atoms with Crippen molar-refractivity contribution < 1.29 is 32.3 Å². The zero-order valence-corrected chi connectivity index (χ0v) is 17.6. The van der Waals surface area contributed by atoms with E-state index < -0.39 is 41.0 Å². The summed E-state index contributed by atoms with van der Waals surface area (Å²) in [5.74, 6) is -2.08. The first-order valence-corrected chi connectivity index (χ1v) is 10.3. The summed E-state index contributed by atoms with van der Waals surface area (Å²) in [6.45, 7) is 0.969. The maximum Gasteiger partial charge on any atom is 0.325 e. The number of nitrogens with one attached hydrogen (secondary N) is 1. The fraction of sp³-hybridized carbons (Fsp3) is 0.250. The number of aryl methyl sites for hydroxylation is 1. The van der Waals surface area contributed by atoms with Crippen molar-refractivity contribution in [2.24, 2.45) is 0 Å². The maximum atomic E-state index is 12.7. The van der Waals surface area contributed by atoms with Gasteiger partial charge < -0.3 is 14.4 Å². The molecule has 1 amide bonds. The highest BCUT2D eigenvalue weighted by molar-refractivity contribution is 7.92. The summed E-state index contributed by atoms with van der Waals surface area (Å²) in [6, 6.07) is 12.0. The first-order chi connectivity index (χ1) is 14.2. The quantitative estimate of drug-likeness (QED) is 0.627. The van der Waals surface area contributed by atoms with E-state index >= 15 is 0 Å². The van der Waals surface area contributed by atoms with Crippen LogP contribution in [0.5, 0.6) is 0 Å². The number of nitrogens with zero attached hydrogens (tertiary/aromatic N) is 1. The third-order valence-corrected chi connectivity index (χ3v) is 5.50. The maximum absolute atomic E-state index is 12.7. The Bertz CT molecular complexity index is 998. The van der Waals surface area contributed by atoms with Crippen LogP contribution in [0.2, 0.25) is 0 Å². The summed E-state index contributed by atoms with van der Waals surface area (Å²) in [6.07, 6.45) is 0. The van der Waals surface area contributed by atoms with E-state index in [1.807, 2.05) is 6.92 Å². The third kappa shape index (κ3) is 6.05. The minimum absolute atomic E-state index is 0.0490. The van der Waals surface area contributed by atoms with E-state index in [-0.39, 0.29) is 10.5 Å². The molecule has 0 aliphatic rings. The van der Waals surface area contributed by atoms with Crippen LogP contribution in [-0.2, 0) is 29.1 Å². The fourth-order valence-electron chi connectivity index (χ4n) is 2.44. The first kappa shape index (κ1) is 22.9. The van der Waals surface area contributed by atoms with E-state index in [0.717, 1.165) is 24.7 Å². The minimum Gasteiger partial charge on any atom is -0.468 e. The molecular weight excluding hydrogens is 412 g/mol. The molecule has 0 atom stereocenters. The van der Waals surface area contributed by atoms with Gasteiger partial charge in [0.2, 0.25) is 0 Å². The minimum atomic E-state index is -3.86. The standard InChI is InChI=1S/C20H22N2O7S/c1-14-4-8-16(9-5-14)21-30(26,27)17-10-6-15(7-11-17)20(25)22(12-18(23)28-2)13-19(24)29-3/h4-11,21H,12-13H2,1-3H3. The zero-order valence-electron chi connectivity index (χ0n) is 16.7. The molecule has 0 fully saturated rings. The molecule has 0 aliphatic heterocycles. The molecule has 2 aromatic rings. The average Bonchev–Trinajstić information content (AvgIpc) is 2.74. The Hall–Kier alpha value is -3.40. The summed E-state index contributed by atoms with van der Waals surface area (Å²) in [5.41, 5.74) is 1.49. The number of hydrogen-bond donors (Lipinski definition) is 1. The number of sulfonamides is 1. The number of esters is 2. The SMILES string of the molecule is COC(=O)CN(CC(=O)OC)C(=O)c1ccc(S(=O)(=O)Nc2ccc(C)cc2)cc1. The Labute approximate surface area is 174 Å². The van der Waals surface area contributed by atoms with Gasteiger partial charge in [-0.2, -0.15) is 0 Å². The van der Waals surface area contributed by atoms with Gasteiger partial charge in [-0.1, -0.05) is 17.7 Å². The molecule has 0 aromatic heterocycles. The van der Waals surface area contributed by atoms with Crippen molar-refractivity contribution in [3.8, 4) is 0 Å². The van der Waals surface area contributed by atoms with E-state index in [1.165, 1.54) is 24.3 Å². The van der Waals surface area contributed by atoms with Crippen LogP contribution in [0.15, 0.2) is 53.4 Å². The Kier molecular flexibility index (Phi) is 7.54. The fourth-order valence-corrected chi connectivity index (χ4v) is 3.49. The monoisotopic (exact) mass is 434 g/mol. The Balaban J connectivity index is 2.20. The van der Waals surface area contributed by atoms with Crippen molar-refractivity contribution in [3.63, 3.8) is 0 Å². The lowest BCUT2D eigenvalue weighted by molar-refractivity contribution is -0.144. The number of hydrogen-bond acceptors (Lipinski definition) is 7. The smallest absolute Gasteiger partial charge is 0.325 e. The number of ether oxygens (including phenoxy) is 2. The largest absolute Gasteiger partial charge is 0.468 e. The highest BCUT2D eigenvalue weighted by atomic mass is 32.2. The molecule has 1 N–H and O–H groups in total. The van der Waals surface area contributed by atoms with E-state index in [2.05, 4.69) is 14.2 Å². The van der Waals surface area contributed by atoms with Crippen LogP contribution in [-0.4, -0.2) is 58.5 Å². The number of rotatable bonds is 8. The number of methoxy groups -OCH3 is 2. The van der Waals surface area contributed by atoms with Gasteiger partial charge in [-0.05, 0) is 43.3 Å². The second-order valence-corrected chi connectivity index (χ2v) is 7.99. The van der Waals surface area contributed by atoms with Crippen LogP contribution in [0.3, 0.4) is 0 Å². The van der Waals surface area contributed by atoms with Crippen molar-refractivity contribution in [2.45, 2.75) is 11.8 Å². The van der Waals surface area contributed by atoms with Crippen LogP contribution in [0.4, 0.5) is 5.69 Å². The van der Waals surface area contributed by atoms with Crippen LogP contribution < -0.4 is 4.72 Å². The van der Waals surface area contributed by atoms with E-state index in [1.54, 1.807) is 24.3 Å². The molecule has 0 saturated heterocycles. The van der Waals surface area contributed by atoms with Crippen molar-refractivity contribution in [2.75, 3.05) is 32.0 Å². The van der Waals surface area contributed by atoms with Gasteiger partial charge in [0.1, 0.15) is 13.1 Å². The van der Waals surface area contributed by atoms with Gasteiger partial charge in [-0.3, -0.25) is 19.1 Å². The van der Waals surface area contributed by atoms with Gasteiger partial charge in [0.05, 0.1) is 19.1 Å². The third-order valence-electron chi connectivity index (χ3n) is 4.10. The predicted octanol–water partition coefficient (Wildman–Crippen LogP) is 1.58. The van der Waals surface area contributed by atoms with Gasteiger partial charge in [0.15, 0.2) is 0 Å². The van der Waals surface area contributed by atoms with Crippen LogP contribution in [0.1, 0.15) is 15.9 Å². The predicted molar refractivity (Wildman–Crippen MR) is 108 cm³/mol. The molecule has 0 aliphatic carbocycles. The Morgan fingerprint density at radius 1 is 0.867 bits per heavy atom. The summed E-state index contributed by atoms with van der Waals surface area (Å²) in [7, 11) is -1.54. The van der Waals surface area contributed by atoms with Gasteiger partial charge in [0.25, 0.3) is 15.9 Å². The first-order valence-electron chi connectivity index (χ1n) is 8.78. The van der Waals surface area contributed by atoms with E-state index in [9.17, 15) is 22.8 Å². The van der Waals surface area contributed by atoms with Crippen molar-refractivity contribution in [1.29, 1.82) is 0 Å². The lowest BCUT2D eigenvalue weighted by Gasteiger charge is -2.20. The van der Waals surface area contributed by atoms with Gasteiger partial charge in [-0.25, -0.2) is 8.42 Å². The molecule has 2 aromatic carbocycles. The second-order valence-electron chi connectivity index (χ2n) is 6.31. The normalized spacial score (nSPS) is 10.8. The van der Waals surface area contributed by atoms with Crippen molar-refractivity contribution in [3.05, 3.63) is 59.7 Å². The van der Waals surface area contributed by atoms with Crippen LogP contribution >= 0.6 is 0 Å². The van der Waals surface area contributed by atoms with Crippen molar-refractivity contribution in [1.82, 2.24) is 4.90 Å². The highest BCUT2D eigenvalue weighted by Gasteiger charge is 2.23. The van der Waals surface area contributed by atoms with Gasteiger partial charge in [-0.15, -0.1) is 0 Å². The topological polar surface area (TPSA) is 119 Å². The van der Waals surface area contributed by atoms with Crippen LogP contribution in [0, 0.1) is 6.92 Å². The average molecular weight is 434 g/mol. The van der Waals surface area contributed by atoms with E-state index in [4.69, 9.17) is 0 Å². The molecule has 0 unspecified atom stereocenters. The molecule has 0 heterocycles. The summed E-state index contributed by atoms with van der Waals surface area (Å²) in [5, 5.41) is 0. The molecule has 0 bridgehead atoms. The highest BCUT2D eigenvalue weighted by Crippen LogP contribution is 2.18. The number of amides is 1. The van der Waals surface area contributed by atoms with E-state index in [0.29, 0.717) is 5.69 Å². The number of benzene rings is 2. The molecule has 9 nitrogen and oxygen atoms in total. The molecule has 0 spiro atoms. The number of carbonyl (C=O) groups excluding carboxylic acids is 3. The summed E-state index contributed by atoms with van der Waals surface area (Å²) < 4.78 is 36.6. The lowest BCUT2D eigenvalue weighted by atomic mass is 10.2. The molecule has 10 heteroatoms. The second kappa shape index (κ2) is 9.88. The Morgan fingerprint density at radius 3 is 1.83 bits per heavy atom. The summed E-state index contributed by atoms with van der Waals surface area (Å²) in [4.78, 5) is 36.7. The lowest BCUT2D eigenvalue weighted by Crippen LogP contribution is -2.40.